The summed E-state index contributed by atoms with van der Waals surface area (Å²) in [6.45, 7) is 0. The van der Waals surface area contributed by atoms with Crippen LogP contribution in [0.5, 0.6) is 5.88 Å². The first-order chi connectivity index (χ1) is 7.35. The molecule has 5 nitrogen and oxygen atoms in total. The lowest BCUT2D eigenvalue weighted by atomic mass is 10.2. The van der Waals surface area contributed by atoms with Crippen molar-refractivity contribution in [1.82, 2.24) is 13.7 Å². The van der Waals surface area contributed by atoms with Gasteiger partial charge in [0.05, 0.1) is 18.8 Å². The fraction of sp³-hybridized carbons (Fsp3) is 0.222. The van der Waals surface area contributed by atoms with Crippen molar-refractivity contribution in [2.45, 2.75) is 0 Å². The second-order valence-electron chi connectivity index (χ2n) is 2.80. The molecule has 0 unspecified atom stereocenters. The molecule has 0 amide bonds. The summed E-state index contributed by atoms with van der Waals surface area (Å²) in [6.07, 6.45) is 1.72. The van der Waals surface area contributed by atoms with Crippen LogP contribution in [-0.4, -0.2) is 27.9 Å². The van der Waals surface area contributed by atoms with Gasteiger partial charge in [0.25, 0.3) is 0 Å². The van der Waals surface area contributed by atoms with E-state index in [1.54, 1.807) is 19.4 Å². The summed E-state index contributed by atoms with van der Waals surface area (Å²) in [5.41, 5.74) is 1.74. The number of aromatic nitrogens is 3. The topological polar surface area (TPSA) is 59.9 Å². The van der Waals surface area contributed by atoms with Crippen molar-refractivity contribution in [3.05, 3.63) is 18.3 Å². The normalized spacial score (nSPS) is 10.0. The number of methoxy groups -OCH3 is 1. The molecular formula is C9H10N4OS. The molecule has 0 aromatic carbocycles. The van der Waals surface area contributed by atoms with Gasteiger partial charge in [-0.05, 0) is 6.07 Å². The Kier molecular flexibility index (Phi) is 2.77. The third-order valence-corrected chi connectivity index (χ3v) is 2.47. The molecule has 0 fully saturated rings. The van der Waals surface area contributed by atoms with Gasteiger partial charge in [0.1, 0.15) is 5.69 Å². The monoisotopic (exact) mass is 222 g/mol. The number of pyridine rings is 1. The number of anilines is 1. The Morgan fingerprint density at radius 3 is 2.80 bits per heavy atom. The first kappa shape index (κ1) is 9.85. The molecule has 0 bridgehead atoms. The quantitative estimate of drug-likeness (QED) is 0.855. The SMILES string of the molecule is CNc1nsnc1-c1ccc(OC)nc1. The highest BCUT2D eigenvalue weighted by molar-refractivity contribution is 6.99. The van der Waals surface area contributed by atoms with Gasteiger partial charge in [-0.3, -0.25) is 0 Å². The van der Waals surface area contributed by atoms with Crippen molar-refractivity contribution in [3.63, 3.8) is 0 Å². The molecule has 6 heteroatoms. The van der Waals surface area contributed by atoms with Crippen molar-refractivity contribution >= 4 is 17.5 Å². The average molecular weight is 222 g/mol. The second kappa shape index (κ2) is 4.22. The van der Waals surface area contributed by atoms with Gasteiger partial charge >= 0.3 is 0 Å². The Hall–Kier alpha value is -1.69. The molecule has 0 aliphatic heterocycles. The first-order valence-corrected chi connectivity index (χ1v) is 5.09. The van der Waals surface area contributed by atoms with E-state index in [9.17, 15) is 0 Å². The molecular weight excluding hydrogens is 212 g/mol. The van der Waals surface area contributed by atoms with Gasteiger partial charge in [-0.15, -0.1) is 0 Å². The molecule has 0 atom stereocenters. The van der Waals surface area contributed by atoms with Gasteiger partial charge < -0.3 is 10.1 Å². The van der Waals surface area contributed by atoms with Crippen LogP contribution in [0, 0.1) is 0 Å². The van der Waals surface area contributed by atoms with Gasteiger partial charge in [-0.25, -0.2) is 4.98 Å². The third kappa shape index (κ3) is 1.89. The molecule has 0 aliphatic rings. The maximum absolute atomic E-state index is 4.98. The highest BCUT2D eigenvalue weighted by Gasteiger charge is 2.09. The summed E-state index contributed by atoms with van der Waals surface area (Å²) >= 11 is 1.17. The lowest BCUT2D eigenvalue weighted by molar-refractivity contribution is 0.398. The molecule has 78 valence electrons. The Bertz CT molecular complexity index is 440. The van der Waals surface area contributed by atoms with E-state index in [1.807, 2.05) is 13.1 Å². The number of hydrogen-bond donors (Lipinski definition) is 1. The van der Waals surface area contributed by atoms with E-state index in [0.29, 0.717) is 5.88 Å². The zero-order chi connectivity index (χ0) is 10.7. The Labute approximate surface area is 91.5 Å². The summed E-state index contributed by atoms with van der Waals surface area (Å²) in [4.78, 5) is 4.12. The molecule has 0 radical (unpaired) electrons. The van der Waals surface area contributed by atoms with Crippen LogP contribution in [0.1, 0.15) is 0 Å². The summed E-state index contributed by atoms with van der Waals surface area (Å²) in [5.74, 6) is 1.36. The second-order valence-corrected chi connectivity index (χ2v) is 3.33. The minimum atomic E-state index is 0.591. The number of nitrogens with zero attached hydrogens (tertiary/aromatic N) is 3. The van der Waals surface area contributed by atoms with E-state index >= 15 is 0 Å². The van der Waals surface area contributed by atoms with Crippen LogP contribution in [-0.2, 0) is 0 Å². The van der Waals surface area contributed by atoms with E-state index in [2.05, 4.69) is 19.0 Å². The molecule has 2 aromatic heterocycles. The van der Waals surface area contributed by atoms with E-state index in [1.165, 1.54) is 11.7 Å². The number of hydrogen-bond acceptors (Lipinski definition) is 6. The number of ether oxygens (including phenoxy) is 1. The summed E-state index contributed by atoms with van der Waals surface area (Å²) in [5, 5.41) is 2.98. The van der Waals surface area contributed by atoms with Crippen molar-refractivity contribution in [1.29, 1.82) is 0 Å². The minimum absolute atomic E-state index is 0.591. The van der Waals surface area contributed by atoms with Crippen molar-refractivity contribution in [2.75, 3.05) is 19.5 Å². The third-order valence-electron chi connectivity index (χ3n) is 1.94. The summed E-state index contributed by atoms with van der Waals surface area (Å²) in [7, 11) is 3.41. The first-order valence-electron chi connectivity index (χ1n) is 4.36. The van der Waals surface area contributed by atoms with E-state index in [4.69, 9.17) is 4.74 Å². The smallest absolute Gasteiger partial charge is 0.212 e. The highest BCUT2D eigenvalue weighted by atomic mass is 32.1. The largest absolute Gasteiger partial charge is 0.481 e. The molecule has 0 spiro atoms. The number of rotatable bonds is 3. The standard InChI is InChI=1S/C9H10N4OS/c1-10-9-8(12-15-13-9)6-3-4-7(14-2)11-5-6/h3-5H,1-2H3,(H,10,13). The molecule has 2 heterocycles. The maximum atomic E-state index is 4.98. The Morgan fingerprint density at radius 1 is 1.33 bits per heavy atom. The molecule has 0 saturated heterocycles. The summed E-state index contributed by atoms with van der Waals surface area (Å²) in [6, 6.07) is 3.71. The fourth-order valence-electron chi connectivity index (χ4n) is 1.18. The van der Waals surface area contributed by atoms with E-state index in [0.717, 1.165) is 17.1 Å². The molecule has 2 rings (SSSR count). The van der Waals surface area contributed by atoms with Crippen molar-refractivity contribution < 1.29 is 4.74 Å². The van der Waals surface area contributed by atoms with Gasteiger partial charge in [-0.1, -0.05) is 0 Å². The van der Waals surface area contributed by atoms with Crippen molar-refractivity contribution in [2.24, 2.45) is 0 Å². The van der Waals surface area contributed by atoms with E-state index < -0.39 is 0 Å². The van der Waals surface area contributed by atoms with Crippen LogP contribution in [0.2, 0.25) is 0 Å². The van der Waals surface area contributed by atoms with Crippen LogP contribution >= 0.6 is 11.7 Å². The van der Waals surface area contributed by atoms with Crippen molar-refractivity contribution in [3.8, 4) is 17.1 Å². The van der Waals surface area contributed by atoms with Crippen LogP contribution in [0.4, 0.5) is 5.82 Å². The lowest BCUT2D eigenvalue weighted by Crippen LogP contribution is -1.92. The predicted octanol–water partition coefficient (Wildman–Crippen LogP) is 1.65. The number of nitrogens with one attached hydrogen (secondary N) is 1. The van der Waals surface area contributed by atoms with Gasteiger partial charge in [0.2, 0.25) is 5.88 Å². The predicted molar refractivity (Wildman–Crippen MR) is 59.2 cm³/mol. The van der Waals surface area contributed by atoms with Gasteiger partial charge in [0, 0.05) is 24.9 Å². The zero-order valence-corrected chi connectivity index (χ0v) is 9.21. The zero-order valence-electron chi connectivity index (χ0n) is 8.39. The Balaban J connectivity index is 2.37. The Morgan fingerprint density at radius 2 is 2.20 bits per heavy atom. The molecule has 2 aromatic rings. The average Bonchev–Trinajstić information content (AvgIpc) is 2.77. The molecule has 0 aliphatic carbocycles. The van der Waals surface area contributed by atoms with Gasteiger partial charge in [-0.2, -0.15) is 8.75 Å². The van der Waals surface area contributed by atoms with Crippen LogP contribution < -0.4 is 10.1 Å². The molecule has 1 N–H and O–H groups in total. The molecule has 0 saturated carbocycles. The summed E-state index contributed by atoms with van der Waals surface area (Å²) < 4.78 is 13.3. The highest BCUT2D eigenvalue weighted by Crippen LogP contribution is 2.25. The molecule has 15 heavy (non-hydrogen) atoms. The van der Waals surface area contributed by atoms with Gasteiger partial charge in [0.15, 0.2) is 5.82 Å². The van der Waals surface area contributed by atoms with Crippen LogP contribution in [0.25, 0.3) is 11.3 Å². The maximum Gasteiger partial charge on any atom is 0.212 e. The van der Waals surface area contributed by atoms with E-state index in [-0.39, 0.29) is 0 Å². The minimum Gasteiger partial charge on any atom is -0.481 e. The fourth-order valence-corrected chi connectivity index (χ4v) is 1.76. The van der Waals surface area contributed by atoms with Crippen LogP contribution in [0.3, 0.4) is 0 Å². The van der Waals surface area contributed by atoms with Crippen LogP contribution in [0.15, 0.2) is 18.3 Å². The lowest BCUT2D eigenvalue weighted by Gasteiger charge is -2.01.